The molecule has 0 bridgehead atoms. The number of para-hydroxylation sites is 1. The predicted octanol–water partition coefficient (Wildman–Crippen LogP) is 4.83. The fourth-order valence-corrected chi connectivity index (χ4v) is 5.78. The molecule has 158 valence electrons. The average molecular weight is 422 g/mol. The van der Waals surface area contributed by atoms with Crippen LogP contribution in [-0.4, -0.2) is 60.2 Å². The first-order chi connectivity index (χ1) is 14.8. The molecule has 1 aromatic heterocycles. The lowest BCUT2D eigenvalue weighted by atomic mass is 10.0. The number of aromatic nitrogens is 1. The molecule has 5 rings (SSSR count). The Labute approximate surface area is 183 Å². The van der Waals surface area contributed by atoms with Crippen LogP contribution in [0.3, 0.4) is 0 Å². The molecule has 5 heteroatoms. The van der Waals surface area contributed by atoms with Gasteiger partial charge in [-0.15, -0.1) is 11.3 Å². The molecule has 0 radical (unpaired) electrons. The molecule has 2 fully saturated rings. The van der Waals surface area contributed by atoms with Crippen molar-refractivity contribution >= 4 is 21.6 Å². The number of benzene rings is 2. The third-order valence-corrected chi connectivity index (χ3v) is 7.54. The highest BCUT2D eigenvalue weighted by molar-refractivity contribution is 7.18. The number of rotatable bonds is 7. The van der Waals surface area contributed by atoms with Crippen molar-refractivity contribution in [2.24, 2.45) is 0 Å². The molecule has 3 aromatic rings. The maximum absolute atomic E-state index is 6.02. The molecule has 4 nitrogen and oxygen atoms in total. The zero-order valence-corrected chi connectivity index (χ0v) is 18.4. The summed E-state index contributed by atoms with van der Waals surface area (Å²) in [7, 11) is 0. The van der Waals surface area contributed by atoms with Gasteiger partial charge in [0.05, 0.1) is 15.2 Å². The van der Waals surface area contributed by atoms with Gasteiger partial charge in [-0.25, -0.2) is 4.98 Å². The number of piperidine rings is 1. The van der Waals surface area contributed by atoms with Gasteiger partial charge in [0.2, 0.25) is 0 Å². The molecule has 0 aliphatic carbocycles. The Morgan fingerprint density at radius 3 is 2.47 bits per heavy atom. The Morgan fingerprint density at radius 1 is 0.933 bits per heavy atom. The van der Waals surface area contributed by atoms with E-state index in [1.54, 1.807) is 11.3 Å². The first-order valence-corrected chi connectivity index (χ1v) is 12.2. The minimum Gasteiger partial charge on any atom is -0.492 e. The fraction of sp³-hybridized carbons (Fsp3) is 0.480. The van der Waals surface area contributed by atoms with Crippen molar-refractivity contribution in [2.75, 3.05) is 39.3 Å². The number of likely N-dealkylation sites (tertiary alicyclic amines) is 2. The van der Waals surface area contributed by atoms with Crippen molar-refractivity contribution in [3.63, 3.8) is 0 Å². The molecule has 0 N–H and O–H groups in total. The van der Waals surface area contributed by atoms with Crippen LogP contribution in [0.5, 0.6) is 5.75 Å². The highest BCUT2D eigenvalue weighted by atomic mass is 32.1. The first kappa shape index (κ1) is 20.0. The zero-order valence-electron chi connectivity index (χ0n) is 17.6. The van der Waals surface area contributed by atoms with Gasteiger partial charge in [0.1, 0.15) is 12.4 Å². The highest BCUT2D eigenvalue weighted by Gasteiger charge is 2.26. The van der Waals surface area contributed by atoms with Gasteiger partial charge in [-0.3, -0.25) is 4.90 Å². The quantitative estimate of drug-likeness (QED) is 0.547. The second-order valence-electron chi connectivity index (χ2n) is 8.56. The van der Waals surface area contributed by atoms with Gasteiger partial charge in [-0.05, 0) is 81.7 Å². The summed E-state index contributed by atoms with van der Waals surface area (Å²) in [5, 5.41) is 1.17. The molecule has 0 unspecified atom stereocenters. The van der Waals surface area contributed by atoms with E-state index in [4.69, 9.17) is 9.72 Å². The molecular formula is C25H31N3OS. The second kappa shape index (κ2) is 9.46. The Bertz CT molecular complexity index is 907. The van der Waals surface area contributed by atoms with Gasteiger partial charge in [-0.1, -0.05) is 24.3 Å². The van der Waals surface area contributed by atoms with Crippen molar-refractivity contribution in [1.82, 2.24) is 14.8 Å². The van der Waals surface area contributed by atoms with Gasteiger partial charge in [0.25, 0.3) is 0 Å². The van der Waals surface area contributed by atoms with Crippen LogP contribution in [0.1, 0.15) is 36.3 Å². The number of hydrogen-bond donors (Lipinski definition) is 0. The lowest BCUT2D eigenvalue weighted by Crippen LogP contribution is -2.44. The van der Waals surface area contributed by atoms with Gasteiger partial charge >= 0.3 is 0 Å². The molecule has 2 aliphatic heterocycles. The molecular weight excluding hydrogens is 390 g/mol. The van der Waals surface area contributed by atoms with Crippen molar-refractivity contribution < 1.29 is 4.74 Å². The molecule has 30 heavy (non-hydrogen) atoms. The smallest absolute Gasteiger partial charge is 0.119 e. The van der Waals surface area contributed by atoms with Crippen molar-refractivity contribution in [3.05, 3.63) is 59.1 Å². The summed E-state index contributed by atoms with van der Waals surface area (Å²) in [6.07, 6.45) is 6.31. The van der Waals surface area contributed by atoms with Gasteiger partial charge in [0, 0.05) is 19.0 Å². The van der Waals surface area contributed by atoms with Crippen molar-refractivity contribution in [2.45, 2.75) is 38.1 Å². The van der Waals surface area contributed by atoms with Crippen LogP contribution < -0.4 is 4.74 Å². The summed E-state index contributed by atoms with van der Waals surface area (Å²) < 4.78 is 7.28. The highest BCUT2D eigenvalue weighted by Crippen LogP contribution is 2.24. The van der Waals surface area contributed by atoms with Crippen LogP contribution >= 0.6 is 11.3 Å². The maximum Gasteiger partial charge on any atom is 0.119 e. The lowest BCUT2D eigenvalue weighted by molar-refractivity contribution is 0.114. The van der Waals surface area contributed by atoms with E-state index in [1.807, 2.05) is 6.07 Å². The second-order valence-corrected chi connectivity index (χ2v) is 9.68. The van der Waals surface area contributed by atoms with Crippen molar-refractivity contribution in [1.29, 1.82) is 0 Å². The van der Waals surface area contributed by atoms with E-state index in [9.17, 15) is 0 Å². The van der Waals surface area contributed by atoms with Crippen LogP contribution in [0.25, 0.3) is 10.2 Å². The van der Waals surface area contributed by atoms with Crippen LogP contribution in [-0.2, 0) is 6.42 Å². The first-order valence-electron chi connectivity index (χ1n) is 11.4. The predicted molar refractivity (Wildman–Crippen MR) is 125 cm³/mol. The van der Waals surface area contributed by atoms with Crippen LogP contribution in [0.4, 0.5) is 0 Å². The Hall–Kier alpha value is -1.95. The van der Waals surface area contributed by atoms with Crippen LogP contribution in [0, 0.1) is 0 Å². The largest absolute Gasteiger partial charge is 0.492 e. The molecule has 0 atom stereocenters. The van der Waals surface area contributed by atoms with Crippen molar-refractivity contribution in [3.8, 4) is 5.75 Å². The normalized spacial score (nSPS) is 18.9. The standard InChI is InChI=1S/C25H31N3OS/c1-2-6-24-23(5-1)26-25(30-24)19-20-7-9-22(10-8-20)29-18-17-27-15-11-21(12-16-27)28-13-3-4-14-28/h1-2,5-10,21H,3-4,11-19H2. The number of hydrogen-bond acceptors (Lipinski definition) is 5. The van der Waals surface area contributed by atoms with E-state index in [2.05, 4.69) is 52.3 Å². The Balaban J connectivity index is 1.06. The van der Waals surface area contributed by atoms with E-state index in [0.717, 1.165) is 36.9 Å². The van der Waals surface area contributed by atoms with Gasteiger partial charge in [-0.2, -0.15) is 0 Å². The fourth-order valence-electron chi connectivity index (χ4n) is 4.78. The van der Waals surface area contributed by atoms with E-state index in [0.29, 0.717) is 0 Å². The third-order valence-electron chi connectivity index (χ3n) is 6.51. The zero-order chi connectivity index (χ0) is 20.2. The minimum absolute atomic E-state index is 0.769. The maximum atomic E-state index is 6.02. The number of thiazole rings is 1. The molecule has 2 saturated heterocycles. The Morgan fingerprint density at radius 2 is 1.70 bits per heavy atom. The van der Waals surface area contributed by atoms with Gasteiger partial charge < -0.3 is 9.64 Å². The summed E-state index contributed by atoms with van der Waals surface area (Å²) >= 11 is 1.78. The monoisotopic (exact) mass is 421 g/mol. The molecule has 0 amide bonds. The molecule has 0 spiro atoms. The average Bonchev–Trinajstić information content (AvgIpc) is 3.45. The third kappa shape index (κ3) is 4.85. The molecule has 3 heterocycles. The Kier molecular flexibility index (Phi) is 6.30. The summed E-state index contributed by atoms with van der Waals surface area (Å²) in [4.78, 5) is 10.0. The lowest BCUT2D eigenvalue weighted by Gasteiger charge is -2.36. The molecule has 2 aromatic carbocycles. The number of fused-ring (bicyclic) bond motifs is 1. The summed E-state index contributed by atoms with van der Waals surface area (Å²) in [6.45, 7) is 6.87. The van der Waals surface area contributed by atoms with Gasteiger partial charge in [0.15, 0.2) is 0 Å². The summed E-state index contributed by atoms with van der Waals surface area (Å²) in [5.74, 6) is 0.968. The minimum atomic E-state index is 0.769. The van der Waals surface area contributed by atoms with Crippen LogP contribution in [0.15, 0.2) is 48.5 Å². The SMILES string of the molecule is c1ccc2sc(Cc3ccc(OCCN4CCC(N5CCCC5)CC4)cc3)nc2c1. The number of ether oxygens (including phenoxy) is 1. The van der Waals surface area contributed by atoms with E-state index >= 15 is 0 Å². The topological polar surface area (TPSA) is 28.6 Å². The van der Waals surface area contributed by atoms with E-state index < -0.39 is 0 Å². The molecule has 2 aliphatic rings. The number of nitrogens with zero attached hydrogens (tertiary/aromatic N) is 3. The van der Waals surface area contributed by atoms with Crippen LogP contribution in [0.2, 0.25) is 0 Å². The van der Waals surface area contributed by atoms with E-state index in [1.165, 1.54) is 67.1 Å². The summed E-state index contributed by atoms with van der Waals surface area (Å²) in [6, 6.07) is 17.7. The molecule has 0 saturated carbocycles. The van der Waals surface area contributed by atoms with E-state index in [-0.39, 0.29) is 0 Å². The summed E-state index contributed by atoms with van der Waals surface area (Å²) in [5.41, 5.74) is 2.38.